The van der Waals surface area contributed by atoms with Gasteiger partial charge in [-0.1, -0.05) is 12.1 Å². The highest BCUT2D eigenvalue weighted by Gasteiger charge is 2.23. The van der Waals surface area contributed by atoms with Crippen LogP contribution in [0, 0.1) is 0 Å². The number of nitrogens with zero attached hydrogens (tertiary/aromatic N) is 4. The summed E-state index contributed by atoms with van der Waals surface area (Å²) in [6.07, 6.45) is 3.85. The molecule has 0 spiro atoms. The first-order chi connectivity index (χ1) is 10.1. The van der Waals surface area contributed by atoms with Crippen LogP contribution >= 0.6 is 0 Å². The number of carbonyl (C=O) groups is 1. The number of carbonyl (C=O) groups excluding carboxylic acids is 1. The molecule has 3 rings (SSSR count). The Labute approximate surface area is 123 Å². The van der Waals surface area contributed by atoms with Crippen LogP contribution in [-0.2, 0) is 7.05 Å². The maximum Gasteiger partial charge on any atom is 0.256 e. The van der Waals surface area contributed by atoms with Gasteiger partial charge in [-0.2, -0.15) is 5.10 Å². The Morgan fingerprint density at radius 2 is 1.90 bits per heavy atom. The highest BCUT2D eigenvalue weighted by atomic mass is 16.2. The van der Waals surface area contributed by atoms with Crippen LogP contribution in [0.5, 0.6) is 0 Å². The van der Waals surface area contributed by atoms with E-state index in [1.54, 1.807) is 16.8 Å². The van der Waals surface area contributed by atoms with E-state index >= 15 is 0 Å². The molecule has 1 aliphatic rings. The molecule has 1 aliphatic heterocycles. The molecule has 1 fully saturated rings. The number of nitrogens with two attached hydrogens (primary N) is 1. The SMILES string of the molecule is Cn1cc(N2CCN(C(=O)c3ccccc3N)CC2)cn1. The number of piperazine rings is 1. The number of amides is 1. The number of aryl methyl sites for hydroxylation is 1. The quantitative estimate of drug-likeness (QED) is 0.835. The third kappa shape index (κ3) is 2.69. The van der Waals surface area contributed by atoms with Crippen LogP contribution in [0.1, 0.15) is 10.4 Å². The van der Waals surface area contributed by atoms with E-state index in [0.29, 0.717) is 24.3 Å². The fourth-order valence-corrected chi connectivity index (χ4v) is 2.60. The molecular formula is C15H19N5O. The molecule has 0 bridgehead atoms. The molecule has 1 aromatic heterocycles. The van der Waals surface area contributed by atoms with Crippen molar-refractivity contribution in [2.75, 3.05) is 36.8 Å². The average Bonchev–Trinajstić information content (AvgIpc) is 2.94. The maximum atomic E-state index is 12.5. The molecule has 0 unspecified atom stereocenters. The molecule has 2 heterocycles. The molecule has 110 valence electrons. The normalized spacial score (nSPS) is 15.3. The highest BCUT2D eigenvalue weighted by molar-refractivity contribution is 5.99. The molecule has 0 aliphatic carbocycles. The van der Waals surface area contributed by atoms with Crippen LogP contribution in [0.4, 0.5) is 11.4 Å². The topological polar surface area (TPSA) is 67.4 Å². The molecule has 0 saturated carbocycles. The van der Waals surface area contributed by atoms with Gasteiger partial charge in [0.15, 0.2) is 0 Å². The predicted molar refractivity (Wildman–Crippen MR) is 82.2 cm³/mol. The lowest BCUT2D eigenvalue weighted by molar-refractivity contribution is 0.0748. The standard InChI is InChI=1S/C15H19N5O/c1-18-11-12(10-17-18)19-6-8-20(9-7-19)15(21)13-4-2-3-5-14(13)16/h2-5,10-11H,6-9,16H2,1H3. The molecule has 1 saturated heterocycles. The summed E-state index contributed by atoms with van der Waals surface area (Å²) < 4.78 is 1.79. The van der Waals surface area contributed by atoms with Crippen molar-refractivity contribution >= 4 is 17.3 Å². The van der Waals surface area contributed by atoms with Gasteiger partial charge < -0.3 is 15.5 Å². The second-order valence-corrected chi connectivity index (χ2v) is 5.24. The Balaban J connectivity index is 1.66. The van der Waals surface area contributed by atoms with Crippen molar-refractivity contribution in [1.29, 1.82) is 0 Å². The van der Waals surface area contributed by atoms with Gasteiger partial charge in [0.2, 0.25) is 0 Å². The summed E-state index contributed by atoms with van der Waals surface area (Å²) in [5, 5.41) is 4.18. The highest BCUT2D eigenvalue weighted by Crippen LogP contribution is 2.18. The number of aromatic nitrogens is 2. The van der Waals surface area contributed by atoms with Crippen molar-refractivity contribution in [2.45, 2.75) is 0 Å². The number of hydrogen-bond acceptors (Lipinski definition) is 4. The van der Waals surface area contributed by atoms with Crippen LogP contribution in [0.15, 0.2) is 36.7 Å². The lowest BCUT2D eigenvalue weighted by atomic mass is 10.1. The number of anilines is 2. The smallest absolute Gasteiger partial charge is 0.256 e. The van der Waals surface area contributed by atoms with E-state index in [1.807, 2.05) is 36.5 Å². The van der Waals surface area contributed by atoms with Crippen LogP contribution < -0.4 is 10.6 Å². The van der Waals surface area contributed by atoms with Gasteiger partial charge >= 0.3 is 0 Å². The third-order valence-electron chi connectivity index (χ3n) is 3.81. The van der Waals surface area contributed by atoms with Gasteiger partial charge in [-0.3, -0.25) is 9.48 Å². The molecule has 21 heavy (non-hydrogen) atoms. The van der Waals surface area contributed by atoms with Gasteiger partial charge in [-0.05, 0) is 12.1 Å². The van der Waals surface area contributed by atoms with Gasteiger partial charge in [0.05, 0.1) is 17.4 Å². The summed E-state index contributed by atoms with van der Waals surface area (Å²) in [4.78, 5) is 16.6. The monoisotopic (exact) mass is 285 g/mol. The molecule has 6 nitrogen and oxygen atoms in total. The van der Waals surface area contributed by atoms with Crippen molar-refractivity contribution < 1.29 is 4.79 Å². The number of hydrogen-bond donors (Lipinski definition) is 1. The number of benzene rings is 1. The predicted octanol–water partition coefficient (Wildman–Crippen LogP) is 0.965. The third-order valence-corrected chi connectivity index (χ3v) is 3.81. The molecule has 6 heteroatoms. The van der Waals surface area contributed by atoms with Crippen molar-refractivity contribution in [3.05, 3.63) is 42.2 Å². The zero-order chi connectivity index (χ0) is 14.8. The lowest BCUT2D eigenvalue weighted by Gasteiger charge is -2.35. The summed E-state index contributed by atoms with van der Waals surface area (Å²) >= 11 is 0. The molecule has 0 radical (unpaired) electrons. The van der Waals surface area contributed by atoms with Gasteiger partial charge in [0.1, 0.15) is 0 Å². The fourth-order valence-electron chi connectivity index (χ4n) is 2.60. The van der Waals surface area contributed by atoms with Crippen LogP contribution in [0.3, 0.4) is 0 Å². The minimum Gasteiger partial charge on any atom is -0.398 e. The van der Waals surface area contributed by atoms with Crippen molar-refractivity contribution in [1.82, 2.24) is 14.7 Å². The van der Waals surface area contributed by atoms with Crippen molar-refractivity contribution in [3.63, 3.8) is 0 Å². The Hall–Kier alpha value is -2.50. The number of para-hydroxylation sites is 1. The zero-order valence-corrected chi connectivity index (χ0v) is 12.1. The van der Waals surface area contributed by atoms with E-state index in [4.69, 9.17) is 5.73 Å². The van der Waals surface area contributed by atoms with E-state index in [-0.39, 0.29) is 5.91 Å². The number of nitrogen functional groups attached to an aromatic ring is 1. The maximum absolute atomic E-state index is 12.5. The summed E-state index contributed by atoms with van der Waals surface area (Å²) in [7, 11) is 1.90. The minimum atomic E-state index is 0.0129. The van der Waals surface area contributed by atoms with Crippen molar-refractivity contribution in [2.24, 2.45) is 7.05 Å². The van der Waals surface area contributed by atoms with Crippen LogP contribution in [-0.4, -0.2) is 46.8 Å². The van der Waals surface area contributed by atoms with Crippen molar-refractivity contribution in [3.8, 4) is 0 Å². The fraction of sp³-hybridized carbons (Fsp3) is 0.333. The van der Waals surface area contributed by atoms with Crippen LogP contribution in [0.25, 0.3) is 0 Å². The molecule has 1 amide bonds. The van der Waals surface area contributed by atoms with Gasteiger partial charge in [0, 0.05) is 45.1 Å². The lowest BCUT2D eigenvalue weighted by Crippen LogP contribution is -2.48. The van der Waals surface area contributed by atoms with E-state index in [9.17, 15) is 4.79 Å². The van der Waals surface area contributed by atoms with Gasteiger partial charge in [0.25, 0.3) is 5.91 Å². The first-order valence-electron chi connectivity index (χ1n) is 7.02. The zero-order valence-electron chi connectivity index (χ0n) is 12.1. The largest absolute Gasteiger partial charge is 0.398 e. The molecular weight excluding hydrogens is 266 g/mol. The Bertz CT molecular complexity index is 643. The molecule has 0 atom stereocenters. The van der Waals surface area contributed by atoms with Gasteiger partial charge in [-0.25, -0.2) is 0 Å². The summed E-state index contributed by atoms with van der Waals surface area (Å²) in [6, 6.07) is 7.23. The number of rotatable bonds is 2. The first-order valence-corrected chi connectivity index (χ1v) is 7.02. The van der Waals surface area contributed by atoms with E-state index < -0.39 is 0 Å². The second-order valence-electron chi connectivity index (χ2n) is 5.24. The summed E-state index contributed by atoms with van der Waals surface area (Å²) in [5.74, 6) is 0.0129. The van der Waals surface area contributed by atoms with Gasteiger partial charge in [-0.15, -0.1) is 0 Å². The average molecular weight is 285 g/mol. The minimum absolute atomic E-state index is 0.0129. The summed E-state index contributed by atoms with van der Waals surface area (Å²) in [5.41, 5.74) is 8.11. The Morgan fingerprint density at radius 1 is 1.19 bits per heavy atom. The molecule has 2 N–H and O–H groups in total. The van der Waals surface area contributed by atoms with E-state index in [0.717, 1.165) is 18.8 Å². The van der Waals surface area contributed by atoms with E-state index in [1.165, 1.54) is 0 Å². The second kappa shape index (κ2) is 5.47. The molecule has 2 aromatic rings. The van der Waals surface area contributed by atoms with E-state index in [2.05, 4.69) is 10.00 Å². The Morgan fingerprint density at radius 3 is 2.52 bits per heavy atom. The Kier molecular flexibility index (Phi) is 3.51. The van der Waals surface area contributed by atoms with Crippen LogP contribution in [0.2, 0.25) is 0 Å². The molecule has 1 aromatic carbocycles. The summed E-state index contributed by atoms with van der Waals surface area (Å²) in [6.45, 7) is 3.01. The first kappa shape index (κ1) is 13.5.